The Morgan fingerprint density at radius 1 is 0.616 bits per heavy atom. The number of nitrogens with zero attached hydrogens (tertiary/aromatic N) is 6. The number of amides is 10. The molecule has 13 atom stereocenters. The molecular weight excluding hydrogens is 1100 g/mol. The predicted octanol–water partition coefficient (Wildman–Crippen LogP) is 3.83. The van der Waals surface area contributed by atoms with Crippen molar-refractivity contribution >= 4 is 65.0 Å². The molecule has 0 bridgehead atoms. The highest BCUT2D eigenvalue weighted by Crippen LogP contribution is 2.36. The van der Waals surface area contributed by atoms with Crippen LogP contribution in [0.25, 0.3) is 0 Å². The van der Waals surface area contributed by atoms with E-state index in [9.17, 15) is 43.2 Å². The molecule has 0 saturated carbocycles. The first-order valence-electron chi connectivity index (χ1n) is 31.0. The molecule has 0 aliphatic carbocycles. The third kappa shape index (κ3) is 22.2. The molecule has 0 aromatic rings. The Kier molecular flexibility index (Phi) is 32.8. The van der Waals surface area contributed by atoms with Gasteiger partial charge in [0.15, 0.2) is 0 Å². The number of nitrogens with one attached hydrogen (secondary N) is 5. The van der Waals surface area contributed by atoms with Crippen molar-refractivity contribution in [3.63, 3.8) is 0 Å². The van der Waals surface area contributed by atoms with Crippen molar-refractivity contribution in [2.75, 3.05) is 63.0 Å². The number of esters is 1. The van der Waals surface area contributed by atoms with Gasteiger partial charge in [-0.3, -0.25) is 52.7 Å². The van der Waals surface area contributed by atoms with Crippen LogP contribution in [0.2, 0.25) is 0 Å². The molecule has 1 saturated heterocycles. The SMILES string of the molecule is C/C=C/C[C@@H](C)[C@H]1CC(C)[C@H](N(C)C(=O)[C@H](CC(C)C)N(C)C(=O)[C@H](CC(C)C)N(C)C(=O)[C@@H](C)NC(=O)[C@H](C)NC(=O)[C@H](CC(C)C)N(C)C(=O)[C@@H](NC(=O)[C@H](CC(C)C)NC)C(C)C)C(=O)N(C)[C@@H]1C(=O)N[C@@H](CC)C(=O)N(C)CC(=O)OC. The van der Waals surface area contributed by atoms with Gasteiger partial charge in [-0.15, -0.1) is 0 Å². The summed E-state index contributed by atoms with van der Waals surface area (Å²) in [6.07, 6.45) is 6.18. The number of likely N-dealkylation sites (N-methyl/N-ethyl adjacent to an activating group) is 7. The lowest BCUT2D eigenvalue weighted by Gasteiger charge is -2.40. The van der Waals surface area contributed by atoms with Gasteiger partial charge < -0.3 is 60.7 Å². The van der Waals surface area contributed by atoms with Crippen LogP contribution in [0.4, 0.5) is 0 Å². The molecule has 1 heterocycles. The van der Waals surface area contributed by atoms with Crippen LogP contribution in [-0.2, 0) is 57.5 Å². The molecule has 1 aliphatic rings. The molecule has 1 fully saturated rings. The van der Waals surface area contributed by atoms with Crippen LogP contribution in [0.15, 0.2) is 12.2 Å². The summed E-state index contributed by atoms with van der Waals surface area (Å²) in [7, 11) is 11.8. The fourth-order valence-electron chi connectivity index (χ4n) is 11.3. The number of likely N-dealkylation sites (tertiary alicyclic amines) is 1. The molecule has 0 aromatic carbocycles. The van der Waals surface area contributed by atoms with Crippen LogP contribution in [0, 0.1) is 47.3 Å². The summed E-state index contributed by atoms with van der Waals surface area (Å²) in [4.78, 5) is 163. The first-order chi connectivity index (χ1) is 39.9. The van der Waals surface area contributed by atoms with Gasteiger partial charge in [-0.1, -0.05) is 102 Å². The normalized spacial score (nSPS) is 19.5. The zero-order chi connectivity index (χ0) is 66.5. The summed E-state index contributed by atoms with van der Waals surface area (Å²) < 4.78 is 4.74. The van der Waals surface area contributed by atoms with E-state index in [-0.39, 0.29) is 73.6 Å². The molecule has 1 aliphatic heterocycles. The molecule has 492 valence electrons. The second-order valence-electron chi connectivity index (χ2n) is 26.1. The number of hydrogen-bond acceptors (Lipinski definition) is 13. The number of carbonyl (C=O) groups excluding carboxylic acids is 11. The number of rotatable bonds is 33. The summed E-state index contributed by atoms with van der Waals surface area (Å²) in [6.45, 7) is 29.1. The Bertz CT molecular complexity index is 2330. The molecule has 0 radical (unpaired) electrons. The Morgan fingerprint density at radius 2 is 1.10 bits per heavy atom. The average Bonchev–Trinajstić information content (AvgIpc) is 1.74. The van der Waals surface area contributed by atoms with Gasteiger partial charge in [-0.05, 0) is 120 Å². The Hall–Kier alpha value is -6.13. The van der Waals surface area contributed by atoms with Gasteiger partial charge in [-0.25, -0.2) is 0 Å². The number of methoxy groups -OCH3 is 1. The van der Waals surface area contributed by atoms with Crippen molar-refractivity contribution in [3.8, 4) is 0 Å². The first-order valence-corrected chi connectivity index (χ1v) is 31.0. The first kappa shape index (κ1) is 77.9. The molecule has 23 heteroatoms. The second-order valence-corrected chi connectivity index (χ2v) is 26.1. The molecule has 5 N–H and O–H groups in total. The van der Waals surface area contributed by atoms with Crippen LogP contribution in [0.5, 0.6) is 0 Å². The lowest BCUT2D eigenvalue weighted by Crippen LogP contribution is -2.61. The maximum Gasteiger partial charge on any atom is 0.325 e. The van der Waals surface area contributed by atoms with Gasteiger partial charge >= 0.3 is 5.97 Å². The molecule has 10 amide bonds. The van der Waals surface area contributed by atoms with Crippen molar-refractivity contribution < 1.29 is 57.5 Å². The minimum absolute atomic E-state index is 0.0527. The molecular formula is C63H113N11O12. The summed E-state index contributed by atoms with van der Waals surface area (Å²) in [5.41, 5.74) is 0. The van der Waals surface area contributed by atoms with Gasteiger partial charge in [0.25, 0.3) is 0 Å². The number of hydrogen-bond donors (Lipinski definition) is 5. The van der Waals surface area contributed by atoms with Crippen molar-refractivity contribution in [1.29, 1.82) is 0 Å². The van der Waals surface area contributed by atoms with Gasteiger partial charge in [0.05, 0.1) is 13.2 Å². The van der Waals surface area contributed by atoms with E-state index in [1.165, 1.54) is 92.6 Å². The second kappa shape index (κ2) is 36.2. The smallest absolute Gasteiger partial charge is 0.325 e. The fraction of sp³-hybridized carbons (Fsp3) is 0.794. The molecule has 0 spiro atoms. The minimum atomic E-state index is -1.20. The summed E-state index contributed by atoms with van der Waals surface area (Å²) in [5, 5.41) is 14.2. The lowest BCUT2D eigenvalue weighted by atomic mass is 9.78. The van der Waals surface area contributed by atoms with Crippen molar-refractivity contribution in [3.05, 3.63) is 12.2 Å². The Morgan fingerprint density at radius 3 is 1.58 bits per heavy atom. The fourth-order valence-corrected chi connectivity index (χ4v) is 11.3. The highest BCUT2D eigenvalue weighted by molar-refractivity contribution is 5.99. The average molecular weight is 1220 g/mol. The van der Waals surface area contributed by atoms with E-state index in [0.29, 0.717) is 19.3 Å². The molecule has 0 aromatic heterocycles. The minimum Gasteiger partial charge on any atom is -0.468 e. The standard InChI is InChI=1S/C63H113N11O12/c1-25-27-28-40(13)44-33-41(14)52(63(85)74(23)53(44)57(79)67-45(26-2)59(81)69(18)34-50(75)86-24)73(22)61(83)49(32-38(9)10)72(21)60(82)48(31-37(7)8)71(20)58(80)43(16)66-54(76)42(15)65-56(78)47(30-36(5)6)70(19)62(84)51(39(11)12)68-55(77)46(64-17)29-35(3)4/h25,27,35-49,51-53,64H,26,28-34H2,1-24H3,(H,65,78)(H,66,76)(H,67,79)(H,68,77)/b27-25+/t40-,41?,42+,43-,44-,45+,46+,47+,48+,49+,51+,52+,53+/m1/s1. The van der Waals surface area contributed by atoms with Crippen LogP contribution in [-0.4, -0.2) is 218 Å². The van der Waals surface area contributed by atoms with Crippen LogP contribution in [0.1, 0.15) is 156 Å². The maximum absolute atomic E-state index is 15.2. The quantitative estimate of drug-likeness (QED) is 0.0462. The Labute approximate surface area is 515 Å². The highest BCUT2D eigenvalue weighted by atomic mass is 16.5. The predicted molar refractivity (Wildman–Crippen MR) is 333 cm³/mol. The number of allylic oxidation sites excluding steroid dienone is 2. The summed E-state index contributed by atoms with van der Waals surface area (Å²) >= 11 is 0. The van der Waals surface area contributed by atoms with Crippen molar-refractivity contribution in [2.24, 2.45) is 47.3 Å². The van der Waals surface area contributed by atoms with E-state index >= 15 is 9.59 Å². The molecule has 23 nitrogen and oxygen atoms in total. The summed E-state index contributed by atoms with van der Waals surface area (Å²) in [6, 6.07) is -10.2. The topological polar surface area (TPSA) is 277 Å². The maximum atomic E-state index is 15.2. The zero-order valence-corrected chi connectivity index (χ0v) is 56.8. The molecule has 1 rings (SSSR count). The van der Waals surface area contributed by atoms with Crippen LogP contribution < -0.4 is 26.6 Å². The van der Waals surface area contributed by atoms with E-state index in [1.54, 1.807) is 14.0 Å². The molecule has 86 heavy (non-hydrogen) atoms. The third-order valence-corrected chi connectivity index (χ3v) is 16.6. The zero-order valence-electron chi connectivity index (χ0n) is 56.8. The Balaban J connectivity index is 3.57. The van der Waals surface area contributed by atoms with Gasteiger partial charge in [0.1, 0.15) is 60.9 Å². The van der Waals surface area contributed by atoms with E-state index in [4.69, 9.17) is 4.74 Å². The highest BCUT2D eigenvalue weighted by Gasteiger charge is 2.49. The van der Waals surface area contributed by atoms with E-state index < -0.39 is 131 Å². The van der Waals surface area contributed by atoms with Gasteiger partial charge in [0.2, 0.25) is 59.1 Å². The van der Waals surface area contributed by atoms with E-state index in [1.807, 2.05) is 102 Å². The van der Waals surface area contributed by atoms with E-state index in [2.05, 4.69) is 26.6 Å². The van der Waals surface area contributed by atoms with Crippen molar-refractivity contribution in [2.45, 2.75) is 216 Å². The monoisotopic (exact) mass is 1220 g/mol. The van der Waals surface area contributed by atoms with Crippen LogP contribution >= 0.6 is 0 Å². The number of ether oxygens (including phenoxy) is 1. The molecule has 1 unspecified atom stereocenters. The van der Waals surface area contributed by atoms with E-state index in [0.717, 1.165) is 0 Å². The number of carbonyl (C=O) groups is 11. The largest absolute Gasteiger partial charge is 0.468 e. The van der Waals surface area contributed by atoms with Crippen molar-refractivity contribution in [1.82, 2.24) is 56.0 Å². The van der Waals surface area contributed by atoms with Gasteiger partial charge in [-0.2, -0.15) is 0 Å². The third-order valence-electron chi connectivity index (χ3n) is 16.6. The summed E-state index contributed by atoms with van der Waals surface area (Å²) in [5.74, 6) is -7.44. The van der Waals surface area contributed by atoms with Crippen LogP contribution in [0.3, 0.4) is 0 Å². The lowest BCUT2D eigenvalue weighted by molar-refractivity contribution is -0.155. The van der Waals surface area contributed by atoms with Gasteiger partial charge in [0, 0.05) is 42.3 Å².